The molecule has 1 N–H and O–H groups in total. The number of amidine groups is 1. The lowest BCUT2D eigenvalue weighted by Gasteiger charge is -2.14. The zero-order valence-electron chi connectivity index (χ0n) is 20.2. The summed E-state index contributed by atoms with van der Waals surface area (Å²) in [6, 6.07) is 15.1. The van der Waals surface area contributed by atoms with Crippen molar-refractivity contribution < 1.29 is 24.2 Å². The highest BCUT2D eigenvalue weighted by Gasteiger charge is 2.32. The van der Waals surface area contributed by atoms with Crippen molar-refractivity contribution in [3.63, 3.8) is 0 Å². The molecule has 1 aliphatic heterocycles. The maximum atomic E-state index is 13.1. The van der Waals surface area contributed by atoms with Crippen molar-refractivity contribution in [3.05, 3.63) is 89.8 Å². The van der Waals surface area contributed by atoms with Crippen LogP contribution in [0, 0.1) is 3.57 Å². The fraction of sp³-hybridized carbons (Fsp3) is 0.148. The Morgan fingerprint density at radius 2 is 1.89 bits per heavy atom. The summed E-state index contributed by atoms with van der Waals surface area (Å²) in [7, 11) is 1.55. The smallest absolute Gasteiger partial charge is 0.335 e. The van der Waals surface area contributed by atoms with Gasteiger partial charge < -0.3 is 14.6 Å². The molecule has 1 heterocycles. The van der Waals surface area contributed by atoms with Gasteiger partial charge >= 0.3 is 5.97 Å². The Balaban J connectivity index is 1.58. The lowest BCUT2D eigenvalue weighted by Crippen LogP contribution is -2.28. The fourth-order valence-corrected chi connectivity index (χ4v) is 5.87. The Kier molecular flexibility index (Phi) is 9.24. The number of carboxylic acids is 1. The number of carbonyl (C=O) groups excluding carboxylic acids is 1. The molecule has 4 rings (SSSR count). The molecule has 0 bridgehead atoms. The third-order valence-electron chi connectivity index (χ3n) is 5.48. The summed E-state index contributed by atoms with van der Waals surface area (Å²) >= 11 is 15.7. The molecule has 3 aromatic carbocycles. The van der Waals surface area contributed by atoms with Crippen LogP contribution in [0.2, 0.25) is 10.0 Å². The predicted molar refractivity (Wildman–Crippen MR) is 160 cm³/mol. The van der Waals surface area contributed by atoms with E-state index in [4.69, 9.17) is 37.8 Å². The van der Waals surface area contributed by atoms with Crippen LogP contribution in [0.15, 0.2) is 64.5 Å². The van der Waals surface area contributed by atoms with Crippen molar-refractivity contribution in [1.82, 2.24) is 4.90 Å². The molecule has 7 nitrogen and oxygen atoms in total. The van der Waals surface area contributed by atoms with Crippen LogP contribution < -0.4 is 9.47 Å². The summed E-state index contributed by atoms with van der Waals surface area (Å²) in [5, 5.41) is 10.7. The van der Waals surface area contributed by atoms with E-state index >= 15 is 0 Å². The van der Waals surface area contributed by atoms with Crippen LogP contribution in [0.4, 0.5) is 5.69 Å². The number of rotatable bonds is 8. The molecule has 38 heavy (non-hydrogen) atoms. The first-order valence-corrected chi connectivity index (χ1v) is 13.9. The Labute approximate surface area is 247 Å². The van der Waals surface area contributed by atoms with Crippen LogP contribution in [0.3, 0.4) is 0 Å². The summed E-state index contributed by atoms with van der Waals surface area (Å²) in [6.07, 6.45) is 1.79. The SMILES string of the molecule is CCN1C(=O)/C(=C/c2cc(I)c(OCc3ccc(Cl)cc3Cl)c(OC)c2)SC1=Nc1ccc(C(=O)O)cc1. The molecule has 0 aliphatic carbocycles. The normalized spacial score (nSPS) is 15.4. The molecule has 3 aromatic rings. The molecule has 1 fully saturated rings. The zero-order chi connectivity index (χ0) is 27.4. The van der Waals surface area contributed by atoms with Gasteiger partial charge in [-0.2, -0.15) is 0 Å². The van der Waals surface area contributed by atoms with Gasteiger partial charge in [0.15, 0.2) is 16.7 Å². The van der Waals surface area contributed by atoms with Crippen LogP contribution in [0.25, 0.3) is 6.08 Å². The van der Waals surface area contributed by atoms with E-state index in [0.29, 0.717) is 43.8 Å². The maximum Gasteiger partial charge on any atom is 0.335 e. The topological polar surface area (TPSA) is 88.4 Å². The molecule has 0 radical (unpaired) electrons. The molecular weight excluding hydrogens is 662 g/mol. The van der Waals surface area contributed by atoms with E-state index in [0.717, 1.165) is 14.7 Å². The zero-order valence-corrected chi connectivity index (χ0v) is 24.7. The summed E-state index contributed by atoms with van der Waals surface area (Å²) in [6.45, 7) is 2.54. The molecule has 0 atom stereocenters. The van der Waals surface area contributed by atoms with Crippen LogP contribution in [-0.4, -0.2) is 40.7 Å². The van der Waals surface area contributed by atoms with E-state index in [2.05, 4.69) is 27.6 Å². The third-order valence-corrected chi connectivity index (χ3v) is 7.87. The number of methoxy groups -OCH3 is 1. The van der Waals surface area contributed by atoms with E-state index in [-0.39, 0.29) is 18.1 Å². The molecule has 1 amide bonds. The van der Waals surface area contributed by atoms with Crippen molar-refractivity contribution in [2.45, 2.75) is 13.5 Å². The van der Waals surface area contributed by atoms with E-state index in [1.165, 1.54) is 23.9 Å². The number of carbonyl (C=O) groups is 2. The quantitative estimate of drug-likeness (QED) is 0.196. The molecule has 1 aliphatic rings. The maximum absolute atomic E-state index is 13.1. The van der Waals surface area contributed by atoms with E-state index < -0.39 is 5.97 Å². The first-order valence-electron chi connectivity index (χ1n) is 11.3. The number of aromatic carboxylic acids is 1. The summed E-state index contributed by atoms with van der Waals surface area (Å²) in [5.74, 6) is -0.0895. The van der Waals surface area contributed by atoms with Gasteiger partial charge in [0.2, 0.25) is 0 Å². The van der Waals surface area contributed by atoms with Gasteiger partial charge in [-0.05, 0) is 101 Å². The minimum Gasteiger partial charge on any atom is -0.493 e. The largest absolute Gasteiger partial charge is 0.493 e. The number of thioether (sulfide) groups is 1. The standard InChI is InChI=1S/C27H21Cl2IN2O5S/c1-3-32-25(33)23(38-27(32)31-19-8-5-16(6-9-19)26(34)35)12-15-10-21(30)24(22(11-15)36-2)37-14-17-4-7-18(28)13-20(17)29/h4-13H,3,14H2,1-2H3,(H,34,35)/b23-12-,31-27?. The lowest BCUT2D eigenvalue weighted by atomic mass is 10.1. The van der Waals surface area contributed by atoms with Crippen molar-refractivity contribution in [2.24, 2.45) is 4.99 Å². The second-order valence-corrected chi connectivity index (χ2v) is 11.0. The Morgan fingerprint density at radius 1 is 1.16 bits per heavy atom. The van der Waals surface area contributed by atoms with Gasteiger partial charge in [-0.25, -0.2) is 9.79 Å². The molecule has 0 unspecified atom stereocenters. The van der Waals surface area contributed by atoms with Gasteiger partial charge in [0, 0.05) is 22.2 Å². The van der Waals surface area contributed by atoms with Gasteiger partial charge in [-0.1, -0.05) is 29.3 Å². The Bertz CT molecular complexity index is 1460. The van der Waals surface area contributed by atoms with Crippen molar-refractivity contribution in [1.29, 1.82) is 0 Å². The number of benzene rings is 3. The highest BCUT2D eigenvalue weighted by molar-refractivity contribution is 14.1. The average Bonchev–Trinajstić information content (AvgIpc) is 3.17. The number of aliphatic imine (C=N–C) groups is 1. The number of amides is 1. The third kappa shape index (κ3) is 6.45. The Hall–Kier alpha value is -2.73. The highest BCUT2D eigenvalue weighted by Crippen LogP contribution is 2.38. The summed E-state index contributed by atoms with van der Waals surface area (Å²) in [5.41, 5.74) is 2.28. The number of nitrogens with zero attached hydrogens (tertiary/aromatic N) is 2. The minimum atomic E-state index is -1.01. The van der Waals surface area contributed by atoms with Crippen LogP contribution in [0.5, 0.6) is 11.5 Å². The molecule has 1 saturated heterocycles. The first kappa shape index (κ1) is 28.3. The fourth-order valence-electron chi connectivity index (χ4n) is 3.56. The Morgan fingerprint density at radius 3 is 2.53 bits per heavy atom. The van der Waals surface area contributed by atoms with Crippen LogP contribution in [-0.2, 0) is 11.4 Å². The summed E-state index contributed by atoms with van der Waals surface area (Å²) < 4.78 is 12.4. The van der Waals surface area contributed by atoms with Crippen molar-refractivity contribution in [3.8, 4) is 11.5 Å². The van der Waals surface area contributed by atoms with E-state index in [9.17, 15) is 9.59 Å². The van der Waals surface area contributed by atoms with Gasteiger partial charge in [0.1, 0.15) is 6.61 Å². The molecule has 0 aromatic heterocycles. The molecule has 11 heteroatoms. The van der Waals surface area contributed by atoms with Crippen molar-refractivity contribution in [2.75, 3.05) is 13.7 Å². The highest BCUT2D eigenvalue weighted by atomic mass is 127. The number of hydrogen-bond donors (Lipinski definition) is 1. The van der Waals surface area contributed by atoms with Crippen molar-refractivity contribution >= 4 is 86.4 Å². The predicted octanol–water partition coefficient (Wildman–Crippen LogP) is 7.51. The molecule has 196 valence electrons. The van der Waals surface area contributed by atoms with E-state index in [1.807, 2.05) is 19.1 Å². The minimum absolute atomic E-state index is 0.162. The number of hydrogen-bond acceptors (Lipinski definition) is 6. The second-order valence-electron chi connectivity index (χ2n) is 7.96. The molecule has 0 saturated carbocycles. The van der Waals surface area contributed by atoms with Crippen LogP contribution in [0.1, 0.15) is 28.4 Å². The summed E-state index contributed by atoms with van der Waals surface area (Å²) in [4.78, 5) is 30.9. The van der Waals surface area contributed by atoms with Gasteiger partial charge in [-0.15, -0.1) is 0 Å². The van der Waals surface area contributed by atoms with E-state index in [1.54, 1.807) is 48.4 Å². The first-order chi connectivity index (χ1) is 18.2. The number of ether oxygens (including phenoxy) is 2. The van der Waals surface area contributed by atoms with Gasteiger partial charge in [-0.3, -0.25) is 9.69 Å². The monoisotopic (exact) mass is 682 g/mol. The number of likely N-dealkylation sites (N-methyl/N-ethyl adjacent to an activating group) is 1. The van der Waals surface area contributed by atoms with Gasteiger partial charge in [0.05, 0.1) is 26.8 Å². The lowest BCUT2D eigenvalue weighted by molar-refractivity contribution is -0.122. The number of carboxylic acid groups (broad SMARTS) is 1. The molecular formula is C27H21Cl2IN2O5S. The number of halogens is 3. The van der Waals surface area contributed by atoms with Crippen LogP contribution >= 0.6 is 57.6 Å². The second kappa shape index (κ2) is 12.4. The average molecular weight is 683 g/mol. The molecule has 0 spiro atoms. The van der Waals surface area contributed by atoms with Gasteiger partial charge in [0.25, 0.3) is 5.91 Å².